The number of nitrogens with two attached hydrogens (primary N) is 1. The van der Waals surface area contributed by atoms with Gasteiger partial charge in [0.15, 0.2) is 5.82 Å². The van der Waals surface area contributed by atoms with Gasteiger partial charge in [-0.05, 0) is 41.3 Å². The first kappa shape index (κ1) is 16.0. The van der Waals surface area contributed by atoms with Gasteiger partial charge in [0.2, 0.25) is 0 Å². The van der Waals surface area contributed by atoms with E-state index < -0.39 is 0 Å². The molecule has 8 heteroatoms. The Labute approximate surface area is 143 Å². The van der Waals surface area contributed by atoms with Gasteiger partial charge in [0.05, 0.1) is 0 Å². The summed E-state index contributed by atoms with van der Waals surface area (Å²) >= 11 is 3.54. The number of hydrogen-bond donors (Lipinski definition) is 2. The highest BCUT2D eigenvalue weighted by Gasteiger charge is 2.26. The second-order valence-corrected chi connectivity index (χ2v) is 6.67. The van der Waals surface area contributed by atoms with E-state index in [0.29, 0.717) is 11.7 Å². The number of likely N-dealkylation sites (tertiary alicyclic amines) is 1. The number of nitrogens with zero attached hydrogens (tertiary/aromatic N) is 4. The van der Waals surface area contributed by atoms with E-state index in [1.807, 2.05) is 9.42 Å². The Morgan fingerprint density at radius 1 is 1.48 bits per heavy atom. The molecule has 2 aromatic rings. The summed E-state index contributed by atoms with van der Waals surface area (Å²) in [6.45, 7) is 4.29. The number of nitrogens with one attached hydrogen (secondary N) is 1. The fourth-order valence-corrected chi connectivity index (χ4v) is 3.66. The number of hydrogen-bond acceptors (Lipinski definition) is 4. The van der Waals surface area contributed by atoms with Crippen molar-refractivity contribution in [3.05, 3.63) is 22.6 Å². The highest BCUT2D eigenvalue weighted by atomic mass is 79.9. The van der Waals surface area contributed by atoms with E-state index in [9.17, 15) is 4.79 Å². The molecule has 0 aromatic carbocycles. The van der Waals surface area contributed by atoms with Gasteiger partial charge < -0.3 is 16.0 Å². The minimum atomic E-state index is 0.0399. The van der Waals surface area contributed by atoms with Crippen molar-refractivity contribution in [2.24, 2.45) is 0 Å². The quantitative estimate of drug-likeness (QED) is 0.855. The summed E-state index contributed by atoms with van der Waals surface area (Å²) in [5.41, 5.74) is 7.88. The summed E-state index contributed by atoms with van der Waals surface area (Å²) in [6.07, 6.45) is 4.27. The van der Waals surface area contributed by atoms with Gasteiger partial charge in [0.25, 0.3) is 0 Å². The van der Waals surface area contributed by atoms with Crippen molar-refractivity contribution in [1.29, 1.82) is 0 Å². The Morgan fingerprint density at radius 2 is 2.22 bits per heavy atom. The van der Waals surface area contributed by atoms with Crippen LogP contribution in [0.15, 0.2) is 16.9 Å². The lowest BCUT2D eigenvalue weighted by atomic mass is 9.94. The Balaban J connectivity index is 1.73. The highest BCUT2D eigenvalue weighted by molar-refractivity contribution is 9.10. The van der Waals surface area contributed by atoms with Crippen LogP contribution in [0.4, 0.5) is 10.6 Å². The SMILES string of the molecule is CCCNC(=O)N1CCC(c2cc(Br)c3c(N)ncnn23)CC1. The summed E-state index contributed by atoms with van der Waals surface area (Å²) in [5, 5.41) is 7.27. The van der Waals surface area contributed by atoms with Gasteiger partial charge in [0, 0.05) is 35.7 Å². The van der Waals surface area contributed by atoms with Crippen molar-refractivity contribution in [3.63, 3.8) is 0 Å². The molecule has 124 valence electrons. The summed E-state index contributed by atoms with van der Waals surface area (Å²) in [6, 6.07) is 2.11. The van der Waals surface area contributed by atoms with E-state index in [2.05, 4.69) is 44.3 Å². The molecule has 1 saturated heterocycles. The van der Waals surface area contributed by atoms with E-state index >= 15 is 0 Å². The van der Waals surface area contributed by atoms with E-state index in [-0.39, 0.29) is 6.03 Å². The van der Waals surface area contributed by atoms with Gasteiger partial charge in [0.1, 0.15) is 11.8 Å². The zero-order chi connectivity index (χ0) is 16.4. The Hall–Kier alpha value is -1.83. The van der Waals surface area contributed by atoms with E-state index in [0.717, 1.165) is 54.6 Å². The number of urea groups is 1. The minimum absolute atomic E-state index is 0.0399. The van der Waals surface area contributed by atoms with Crippen LogP contribution in [0.25, 0.3) is 5.52 Å². The van der Waals surface area contributed by atoms with Crippen LogP contribution in [0.3, 0.4) is 0 Å². The number of carbonyl (C=O) groups excluding carboxylic acids is 1. The third kappa shape index (κ3) is 3.12. The summed E-state index contributed by atoms with van der Waals surface area (Å²) in [7, 11) is 0. The maximum absolute atomic E-state index is 12.0. The van der Waals surface area contributed by atoms with E-state index in [4.69, 9.17) is 5.73 Å². The number of aromatic nitrogens is 3. The lowest BCUT2D eigenvalue weighted by Crippen LogP contribution is -2.44. The molecule has 23 heavy (non-hydrogen) atoms. The number of anilines is 1. The van der Waals surface area contributed by atoms with Crippen molar-refractivity contribution in [1.82, 2.24) is 24.8 Å². The molecule has 0 aliphatic carbocycles. The summed E-state index contributed by atoms with van der Waals surface area (Å²) in [4.78, 5) is 18.0. The van der Waals surface area contributed by atoms with Crippen molar-refractivity contribution in [2.75, 3.05) is 25.4 Å². The number of amides is 2. The van der Waals surface area contributed by atoms with Gasteiger partial charge in [-0.1, -0.05) is 6.92 Å². The van der Waals surface area contributed by atoms with E-state index in [1.54, 1.807) is 0 Å². The van der Waals surface area contributed by atoms with Crippen molar-refractivity contribution >= 4 is 33.3 Å². The predicted molar refractivity (Wildman–Crippen MR) is 92.3 cm³/mol. The molecule has 0 unspecified atom stereocenters. The number of nitrogen functional groups attached to an aromatic ring is 1. The average Bonchev–Trinajstić information content (AvgIpc) is 2.91. The Bertz CT molecular complexity index is 707. The molecule has 0 bridgehead atoms. The van der Waals surface area contributed by atoms with Gasteiger partial charge >= 0.3 is 6.03 Å². The molecule has 1 aliphatic heterocycles. The van der Waals surface area contributed by atoms with Gasteiger partial charge in [-0.3, -0.25) is 0 Å². The first-order valence-electron chi connectivity index (χ1n) is 7.92. The number of piperidine rings is 1. The Morgan fingerprint density at radius 3 is 2.91 bits per heavy atom. The number of halogens is 1. The maximum atomic E-state index is 12.0. The summed E-state index contributed by atoms with van der Waals surface area (Å²) in [5.74, 6) is 0.827. The largest absolute Gasteiger partial charge is 0.382 e. The second-order valence-electron chi connectivity index (χ2n) is 5.82. The zero-order valence-electron chi connectivity index (χ0n) is 13.1. The molecule has 3 N–H and O–H groups in total. The minimum Gasteiger partial charge on any atom is -0.382 e. The Kier molecular flexibility index (Phi) is 4.70. The van der Waals surface area contributed by atoms with Crippen LogP contribution in [-0.4, -0.2) is 45.2 Å². The topological polar surface area (TPSA) is 88.5 Å². The molecule has 1 aliphatic rings. The molecule has 2 amide bonds. The standard InChI is InChI=1S/C15H21BrN6O/c1-2-5-18-15(23)21-6-3-10(4-7-21)12-8-11(16)13-14(17)19-9-20-22(12)13/h8-10H,2-7H2,1H3,(H,18,23)(H2,17,19,20). The van der Waals surface area contributed by atoms with Crippen LogP contribution in [0.5, 0.6) is 0 Å². The zero-order valence-corrected chi connectivity index (χ0v) is 14.7. The predicted octanol–water partition coefficient (Wildman–Crippen LogP) is 2.37. The first-order chi connectivity index (χ1) is 11.1. The molecule has 2 aromatic heterocycles. The van der Waals surface area contributed by atoms with Crippen LogP contribution < -0.4 is 11.1 Å². The van der Waals surface area contributed by atoms with Crippen LogP contribution in [0.1, 0.15) is 37.8 Å². The van der Waals surface area contributed by atoms with Crippen molar-refractivity contribution < 1.29 is 4.79 Å². The molecule has 1 fully saturated rings. The highest BCUT2D eigenvalue weighted by Crippen LogP contribution is 2.34. The van der Waals surface area contributed by atoms with Crippen LogP contribution in [0.2, 0.25) is 0 Å². The third-order valence-corrected chi connectivity index (χ3v) is 4.89. The van der Waals surface area contributed by atoms with Crippen LogP contribution >= 0.6 is 15.9 Å². The van der Waals surface area contributed by atoms with Crippen molar-refractivity contribution in [2.45, 2.75) is 32.1 Å². The molecule has 3 heterocycles. The number of rotatable bonds is 3. The van der Waals surface area contributed by atoms with Crippen LogP contribution in [0, 0.1) is 0 Å². The monoisotopic (exact) mass is 380 g/mol. The van der Waals surface area contributed by atoms with Gasteiger partial charge in [-0.25, -0.2) is 14.3 Å². The fraction of sp³-hybridized carbons (Fsp3) is 0.533. The number of fused-ring (bicyclic) bond motifs is 1. The normalized spacial score (nSPS) is 16.0. The summed E-state index contributed by atoms with van der Waals surface area (Å²) < 4.78 is 2.78. The van der Waals surface area contributed by atoms with Crippen LogP contribution in [-0.2, 0) is 0 Å². The molecular weight excluding hydrogens is 360 g/mol. The third-order valence-electron chi connectivity index (χ3n) is 4.29. The smallest absolute Gasteiger partial charge is 0.317 e. The van der Waals surface area contributed by atoms with Gasteiger partial charge in [-0.15, -0.1) is 0 Å². The maximum Gasteiger partial charge on any atom is 0.317 e. The lowest BCUT2D eigenvalue weighted by Gasteiger charge is -2.31. The molecule has 0 atom stereocenters. The molecular formula is C15H21BrN6O. The number of carbonyl (C=O) groups is 1. The lowest BCUT2D eigenvalue weighted by molar-refractivity contribution is 0.181. The molecule has 3 rings (SSSR count). The average molecular weight is 381 g/mol. The molecule has 0 spiro atoms. The van der Waals surface area contributed by atoms with E-state index in [1.165, 1.54) is 6.33 Å². The fourth-order valence-electron chi connectivity index (χ4n) is 3.06. The van der Waals surface area contributed by atoms with Gasteiger partial charge in [-0.2, -0.15) is 5.10 Å². The second kappa shape index (κ2) is 6.74. The molecule has 7 nitrogen and oxygen atoms in total. The molecule has 0 radical (unpaired) electrons. The molecule has 0 saturated carbocycles. The van der Waals surface area contributed by atoms with Crippen molar-refractivity contribution in [3.8, 4) is 0 Å². The first-order valence-corrected chi connectivity index (χ1v) is 8.71.